The van der Waals surface area contributed by atoms with Crippen molar-refractivity contribution in [2.75, 3.05) is 26.2 Å². The molecule has 0 saturated heterocycles. The van der Waals surface area contributed by atoms with Crippen molar-refractivity contribution in [2.45, 2.75) is 103 Å². The van der Waals surface area contributed by atoms with Crippen molar-refractivity contribution in [1.82, 2.24) is 0 Å². The SMILES string of the molecule is CCCCCCCCCCCCCCCCC[P+](C)(C)C.[Br-]. The molecule has 0 rings (SSSR count). The fourth-order valence-corrected chi connectivity index (χ4v) is 4.13. The maximum Gasteiger partial charge on any atom is 0.0586 e. The van der Waals surface area contributed by atoms with Crippen molar-refractivity contribution in [3.8, 4) is 0 Å². The maximum absolute atomic E-state index is 2.47. The van der Waals surface area contributed by atoms with Gasteiger partial charge in [0.2, 0.25) is 0 Å². The summed E-state index contributed by atoms with van der Waals surface area (Å²) >= 11 is 0. The number of rotatable bonds is 16. The zero-order valence-corrected chi connectivity index (χ0v) is 18.6. The molecule has 0 spiro atoms. The average molecular weight is 395 g/mol. The fourth-order valence-electron chi connectivity index (χ4n) is 2.96. The molecule has 0 aromatic heterocycles. The lowest BCUT2D eigenvalue weighted by molar-refractivity contribution is -0.00000499. The van der Waals surface area contributed by atoms with Gasteiger partial charge in [-0.05, 0) is 12.8 Å². The molecule has 0 atom stereocenters. The lowest BCUT2D eigenvalue weighted by Crippen LogP contribution is -3.00. The predicted molar refractivity (Wildman–Crippen MR) is 104 cm³/mol. The summed E-state index contributed by atoms with van der Waals surface area (Å²) in [5.41, 5.74) is 0. The molecule has 0 amide bonds. The van der Waals surface area contributed by atoms with E-state index in [0.717, 1.165) is 0 Å². The van der Waals surface area contributed by atoms with Crippen LogP contribution >= 0.6 is 7.26 Å². The highest BCUT2D eigenvalue weighted by Gasteiger charge is 2.15. The second-order valence-electron chi connectivity index (χ2n) is 7.96. The summed E-state index contributed by atoms with van der Waals surface area (Å²) in [6, 6.07) is 0. The van der Waals surface area contributed by atoms with Crippen LogP contribution in [0.2, 0.25) is 0 Å². The standard InChI is InChI=1S/C20H44P.BrH/c1-5-6-7-8-9-10-11-12-13-14-15-16-17-18-19-20-21(2,3)4;/h5-20H2,1-4H3;1H/q+1;/p-1. The van der Waals surface area contributed by atoms with Crippen LogP contribution in [0.3, 0.4) is 0 Å². The summed E-state index contributed by atoms with van der Waals surface area (Å²) in [5.74, 6) is 0. The lowest BCUT2D eigenvalue weighted by Gasteiger charge is -2.10. The topological polar surface area (TPSA) is 0 Å². The van der Waals surface area contributed by atoms with Crippen molar-refractivity contribution >= 4 is 7.26 Å². The molecule has 2 heteroatoms. The van der Waals surface area contributed by atoms with Crippen molar-refractivity contribution in [1.29, 1.82) is 0 Å². The molecule has 0 bridgehead atoms. The Morgan fingerprint density at radius 1 is 0.455 bits per heavy atom. The molecule has 0 aliphatic rings. The summed E-state index contributed by atoms with van der Waals surface area (Å²) in [7, 11) is -0.502. The highest BCUT2D eigenvalue weighted by atomic mass is 79.9. The van der Waals surface area contributed by atoms with Gasteiger partial charge in [0.1, 0.15) is 0 Å². The van der Waals surface area contributed by atoms with Crippen LogP contribution in [0.15, 0.2) is 0 Å². The van der Waals surface area contributed by atoms with Crippen LogP contribution in [0, 0.1) is 0 Å². The minimum Gasteiger partial charge on any atom is -1.00 e. The third-order valence-electron chi connectivity index (χ3n) is 4.43. The summed E-state index contributed by atoms with van der Waals surface area (Å²) < 4.78 is 0. The first kappa shape index (κ1) is 25.2. The van der Waals surface area contributed by atoms with Crippen molar-refractivity contribution in [2.24, 2.45) is 0 Å². The fraction of sp³-hybridized carbons (Fsp3) is 1.00. The molecule has 0 fully saturated rings. The van der Waals surface area contributed by atoms with Crippen LogP contribution < -0.4 is 17.0 Å². The smallest absolute Gasteiger partial charge is 0.0586 e. The van der Waals surface area contributed by atoms with Crippen LogP contribution in [-0.2, 0) is 0 Å². The van der Waals surface area contributed by atoms with E-state index in [0.29, 0.717) is 0 Å². The molecule has 0 aliphatic carbocycles. The summed E-state index contributed by atoms with van der Waals surface area (Å²) in [6.07, 6.45) is 23.6. The highest BCUT2D eigenvalue weighted by Crippen LogP contribution is 2.47. The first-order valence-electron chi connectivity index (χ1n) is 9.86. The largest absolute Gasteiger partial charge is 1.00 e. The molecule has 0 N–H and O–H groups in total. The third kappa shape index (κ3) is 23.2. The van der Waals surface area contributed by atoms with E-state index in [1.807, 2.05) is 0 Å². The van der Waals surface area contributed by atoms with Gasteiger partial charge in [0.05, 0.1) is 6.16 Å². The van der Waals surface area contributed by atoms with Crippen molar-refractivity contribution < 1.29 is 17.0 Å². The first-order chi connectivity index (χ1) is 10.1. The summed E-state index contributed by atoms with van der Waals surface area (Å²) in [6.45, 7) is 9.70. The van der Waals surface area contributed by atoms with Crippen LogP contribution in [0.4, 0.5) is 0 Å². The Labute approximate surface area is 153 Å². The van der Waals surface area contributed by atoms with Crippen LogP contribution in [0.5, 0.6) is 0 Å². The van der Waals surface area contributed by atoms with E-state index in [-0.39, 0.29) is 17.0 Å². The van der Waals surface area contributed by atoms with Gasteiger partial charge in [-0.1, -0.05) is 90.4 Å². The van der Waals surface area contributed by atoms with Crippen molar-refractivity contribution in [3.63, 3.8) is 0 Å². The minimum atomic E-state index is -0.502. The van der Waals surface area contributed by atoms with Gasteiger partial charge in [-0.25, -0.2) is 0 Å². The summed E-state index contributed by atoms with van der Waals surface area (Å²) in [4.78, 5) is 0. The second-order valence-corrected chi connectivity index (χ2v) is 13.0. The van der Waals surface area contributed by atoms with E-state index < -0.39 is 7.26 Å². The van der Waals surface area contributed by atoms with Gasteiger partial charge in [0, 0.05) is 27.3 Å². The first-order valence-corrected chi connectivity index (χ1v) is 13.2. The lowest BCUT2D eigenvalue weighted by atomic mass is 10.0. The van der Waals surface area contributed by atoms with Crippen LogP contribution in [0.1, 0.15) is 103 Å². The van der Waals surface area contributed by atoms with Gasteiger partial charge in [0.15, 0.2) is 0 Å². The third-order valence-corrected chi connectivity index (χ3v) is 6.09. The molecule has 0 nitrogen and oxygen atoms in total. The quantitative estimate of drug-likeness (QED) is 0.261. The zero-order chi connectivity index (χ0) is 15.8. The second kappa shape index (κ2) is 18.3. The number of hydrogen-bond acceptors (Lipinski definition) is 0. The van der Waals surface area contributed by atoms with E-state index >= 15 is 0 Å². The monoisotopic (exact) mass is 394 g/mol. The molecule has 136 valence electrons. The van der Waals surface area contributed by atoms with E-state index in [4.69, 9.17) is 0 Å². The number of hydrogen-bond donors (Lipinski definition) is 0. The Bertz CT molecular complexity index is 198. The van der Waals surface area contributed by atoms with Gasteiger partial charge >= 0.3 is 0 Å². The predicted octanol–water partition coefficient (Wildman–Crippen LogP) is 4.77. The molecular weight excluding hydrogens is 351 g/mol. The van der Waals surface area contributed by atoms with E-state index in [9.17, 15) is 0 Å². The molecule has 0 saturated carbocycles. The molecule has 0 radical (unpaired) electrons. The van der Waals surface area contributed by atoms with E-state index in [2.05, 4.69) is 26.9 Å². The molecule has 0 unspecified atom stereocenters. The Hall–Kier alpha value is 0.910. The molecule has 22 heavy (non-hydrogen) atoms. The van der Waals surface area contributed by atoms with Gasteiger partial charge in [-0.2, -0.15) is 0 Å². The average Bonchev–Trinajstić information content (AvgIpc) is 2.42. The Morgan fingerprint density at radius 2 is 0.727 bits per heavy atom. The summed E-state index contributed by atoms with van der Waals surface area (Å²) in [5, 5.41) is 0. The Morgan fingerprint density at radius 3 is 1.00 bits per heavy atom. The van der Waals surface area contributed by atoms with Gasteiger partial charge < -0.3 is 17.0 Å². The van der Waals surface area contributed by atoms with Crippen LogP contribution in [0.25, 0.3) is 0 Å². The van der Waals surface area contributed by atoms with Crippen LogP contribution in [-0.4, -0.2) is 26.2 Å². The van der Waals surface area contributed by atoms with Crippen molar-refractivity contribution in [3.05, 3.63) is 0 Å². The van der Waals surface area contributed by atoms with Gasteiger partial charge in [-0.3, -0.25) is 0 Å². The number of halogens is 1. The van der Waals surface area contributed by atoms with E-state index in [1.165, 1.54) is 102 Å². The van der Waals surface area contributed by atoms with Gasteiger partial charge in [-0.15, -0.1) is 0 Å². The minimum absolute atomic E-state index is 0. The molecule has 0 aliphatic heterocycles. The Balaban J connectivity index is 0. The zero-order valence-electron chi connectivity index (χ0n) is 16.1. The van der Waals surface area contributed by atoms with E-state index in [1.54, 1.807) is 0 Å². The highest BCUT2D eigenvalue weighted by molar-refractivity contribution is 7.73. The maximum atomic E-state index is 2.47. The van der Waals surface area contributed by atoms with Gasteiger partial charge in [0.25, 0.3) is 0 Å². The Kier molecular flexibility index (Phi) is 20.9. The number of unbranched alkanes of at least 4 members (excludes halogenated alkanes) is 14. The normalized spacial score (nSPS) is 11.5. The molecule has 0 aromatic rings. The molecule has 0 aromatic carbocycles. The molecular formula is C20H44BrP. The molecule has 0 heterocycles.